The molecule has 0 aliphatic rings. The lowest BCUT2D eigenvalue weighted by Crippen LogP contribution is -2.13. The van der Waals surface area contributed by atoms with Crippen LogP contribution in [-0.2, 0) is 6.18 Å². The van der Waals surface area contributed by atoms with E-state index in [4.69, 9.17) is 5.11 Å². The van der Waals surface area contributed by atoms with E-state index in [9.17, 15) is 13.2 Å². The number of alkyl halides is 3. The summed E-state index contributed by atoms with van der Waals surface area (Å²) in [6.07, 6.45) is -3.46. The van der Waals surface area contributed by atoms with Crippen molar-refractivity contribution in [2.24, 2.45) is 0 Å². The fraction of sp³-hybridized carbons (Fsp3) is 0.429. The molecule has 0 saturated carbocycles. The van der Waals surface area contributed by atoms with E-state index in [2.05, 4.69) is 15.3 Å². The first-order valence-corrected chi connectivity index (χ1v) is 3.79. The minimum atomic E-state index is -4.47. The molecule has 14 heavy (non-hydrogen) atoms. The molecular weight excluding hydrogens is 199 g/mol. The molecule has 0 fully saturated rings. The fourth-order valence-corrected chi connectivity index (χ4v) is 0.769. The first kappa shape index (κ1) is 10.7. The summed E-state index contributed by atoms with van der Waals surface area (Å²) in [6.45, 7) is -0.0824. The first-order chi connectivity index (χ1) is 6.54. The van der Waals surface area contributed by atoms with E-state index in [0.29, 0.717) is 0 Å². The topological polar surface area (TPSA) is 58.0 Å². The molecule has 78 valence electrons. The Labute approximate surface area is 77.8 Å². The maximum Gasteiger partial charge on any atom is 0.433 e. The van der Waals surface area contributed by atoms with Gasteiger partial charge in [0.15, 0.2) is 0 Å². The number of anilines is 1. The molecule has 1 rings (SSSR count). The second-order valence-electron chi connectivity index (χ2n) is 2.41. The molecule has 0 aromatic carbocycles. The van der Waals surface area contributed by atoms with Gasteiger partial charge in [-0.1, -0.05) is 0 Å². The summed E-state index contributed by atoms with van der Waals surface area (Å²) in [6, 6.07) is 0.782. The van der Waals surface area contributed by atoms with E-state index < -0.39 is 11.9 Å². The molecule has 0 atom stereocenters. The Hall–Kier alpha value is -1.37. The molecule has 7 heteroatoms. The predicted octanol–water partition coefficient (Wildman–Crippen LogP) is 0.900. The average Bonchev–Trinajstić information content (AvgIpc) is 2.14. The molecule has 0 spiro atoms. The number of hydrogen-bond donors (Lipinski definition) is 2. The van der Waals surface area contributed by atoms with E-state index in [0.717, 1.165) is 12.3 Å². The van der Waals surface area contributed by atoms with Crippen LogP contribution in [0.25, 0.3) is 0 Å². The highest BCUT2D eigenvalue weighted by Crippen LogP contribution is 2.27. The molecule has 0 saturated heterocycles. The molecule has 1 aromatic rings. The van der Waals surface area contributed by atoms with Gasteiger partial charge < -0.3 is 10.4 Å². The summed E-state index contributed by atoms with van der Waals surface area (Å²) in [5.74, 6) is -0.145. The zero-order valence-electron chi connectivity index (χ0n) is 7.04. The van der Waals surface area contributed by atoms with Crippen LogP contribution in [0.1, 0.15) is 5.69 Å². The zero-order valence-corrected chi connectivity index (χ0v) is 7.04. The lowest BCUT2D eigenvalue weighted by atomic mass is 10.4. The highest BCUT2D eigenvalue weighted by Gasteiger charge is 2.32. The summed E-state index contributed by atoms with van der Waals surface area (Å²) in [7, 11) is 0. The molecule has 0 radical (unpaired) electrons. The first-order valence-electron chi connectivity index (χ1n) is 3.79. The maximum atomic E-state index is 12.1. The highest BCUT2D eigenvalue weighted by molar-refractivity contribution is 5.25. The van der Waals surface area contributed by atoms with Gasteiger partial charge in [-0.25, -0.2) is 9.97 Å². The Bertz CT molecular complexity index is 302. The van der Waals surface area contributed by atoms with Crippen LogP contribution in [0, 0.1) is 0 Å². The van der Waals surface area contributed by atoms with Crippen molar-refractivity contribution in [3.05, 3.63) is 18.0 Å². The van der Waals surface area contributed by atoms with E-state index in [1.807, 2.05) is 0 Å². The molecule has 0 aliphatic carbocycles. The standard InChI is InChI=1S/C7H8F3N3O/c8-7(9,10)5-1-2-11-6(13-5)12-3-4-14/h1-2,14H,3-4H2,(H,11,12,13). The van der Waals surface area contributed by atoms with Gasteiger partial charge in [-0.2, -0.15) is 13.2 Å². The lowest BCUT2D eigenvalue weighted by Gasteiger charge is -2.07. The van der Waals surface area contributed by atoms with Gasteiger partial charge in [-0.3, -0.25) is 0 Å². The molecule has 0 unspecified atom stereocenters. The summed E-state index contributed by atoms with van der Waals surface area (Å²) in [5.41, 5.74) is -1.01. The Morgan fingerprint density at radius 3 is 2.71 bits per heavy atom. The molecule has 1 heterocycles. The third-order valence-corrected chi connectivity index (χ3v) is 1.34. The lowest BCUT2D eigenvalue weighted by molar-refractivity contribution is -0.141. The minimum Gasteiger partial charge on any atom is -0.395 e. The van der Waals surface area contributed by atoms with Gasteiger partial charge >= 0.3 is 6.18 Å². The number of nitrogens with zero attached hydrogens (tertiary/aromatic N) is 2. The van der Waals surface area contributed by atoms with Crippen LogP contribution in [0.4, 0.5) is 19.1 Å². The van der Waals surface area contributed by atoms with Gasteiger partial charge in [0.2, 0.25) is 5.95 Å². The minimum absolute atomic E-state index is 0.112. The van der Waals surface area contributed by atoms with Gasteiger partial charge in [0.25, 0.3) is 0 Å². The van der Waals surface area contributed by atoms with Crippen LogP contribution in [0.3, 0.4) is 0 Å². The average molecular weight is 207 g/mol. The van der Waals surface area contributed by atoms with Gasteiger partial charge in [0.05, 0.1) is 6.61 Å². The number of aliphatic hydroxyl groups is 1. The number of nitrogens with one attached hydrogen (secondary N) is 1. The molecule has 2 N–H and O–H groups in total. The number of aromatic nitrogens is 2. The third kappa shape index (κ3) is 2.84. The maximum absolute atomic E-state index is 12.1. The number of halogens is 3. The van der Waals surface area contributed by atoms with Crippen LogP contribution in [0.5, 0.6) is 0 Å². The monoisotopic (exact) mass is 207 g/mol. The van der Waals surface area contributed by atoms with Crippen molar-refractivity contribution in [3.8, 4) is 0 Å². The van der Waals surface area contributed by atoms with Crippen molar-refractivity contribution in [1.29, 1.82) is 0 Å². The van der Waals surface area contributed by atoms with Crippen LogP contribution >= 0.6 is 0 Å². The number of hydrogen-bond acceptors (Lipinski definition) is 4. The fourth-order valence-electron chi connectivity index (χ4n) is 0.769. The summed E-state index contributed by atoms with van der Waals surface area (Å²) in [5, 5.41) is 10.9. The Morgan fingerprint density at radius 2 is 2.14 bits per heavy atom. The van der Waals surface area contributed by atoms with Crippen LogP contribution in [0.15, 0.2) is 12.3 Å². The predicted molar refractivity (Wildman–Crippen MR) is 42.6 cm³/mol. The van der Waals surface area contributed by atoms with Gasteiger partial charge in [-0.15, -0.1) is 0 Å². The van der Waals surface area contributed by atoms with Crippen LogP contribution in [-0.4, -0.2) is 28.2 Å². The highest BCUT2D eigenvalue weighted by atomic mass is 19.4. The van der Waals surface area contributed by atoms with Crippen molar-refractivity contribution in [3.63, 3.8) is 0 Å². The smallest absolute Gasteiger partial charge is 0.395 e. The SMILES string of the molecule is OCCNc1nccc(C(F)(F)F)n1. The summed E-state index contributed by atoms with van der Waals surface area (Å²) < 4.78 is 36.4. The molecule has 0 amide bonds. The largest absolute Gasteiger partial charge is 0.433 e. The Balaban J connectivity index is 2.79. The van der Waals surface area contributed by atoms with Crippen molar-refractivity contribution >= 4 is 5.95 Å². The van der Waals surface area contributed by atoms with E-state index in [1.165, 1.54) is 0 Å². The van der Waals surface area contributed by atoms with Crippen molar-refractivity contribution in [2.45, 2.75) is 6.18 Å². The molecule has 1 aromatic heterocycles. The molecular formula is C7H8F3N3O. The van der Waals surface area contributed by atoms with Crippen molar-refractivity contribution < 1.29 is 18.3 Å². The zero-order chi connectivity index (χ0) is 10.6. The number of rotatable bonds is 3. The van der Waals surface area contributed by atoms with Crippen LogP contribution < -0.4 is 5.32 Å². The summed E-state index contributed by atoms with van der Waals surface area (Å²) >= 11 is 0. The third-order valence-electron chi connectivity index (χ3n) is 1.34. The Morgan fingerprint density at radius 1 is 1.43 bits per heavy atom. The molecule has 0 aliphatic heterocycles. The molecule has 4 nitrogen and oxygen atoms in total. The van der Waals surface area contributed by atoms with E-state index >= 15 is 0 Å². The summed E-state index contributed by atoms with van der Waals surface area (Å²) in [4.78, 5) is 6.78. The van der Waals surface area contributed by atoms with Gasteiger partial charge in [-0.05, 0) is 6.07 Å². The van der Waals surface area contributed by atoms with E-state index in [1.54, 1.807) is 0 Å². The van der Waals surface area contributed by atoms with Crippen molar-refractivity contribution in [2.75, 3.05) is 18.5 Å². The van der Waals surface area contributed by atoms with Gasteiger partial charge in [0, 0.05) is 12.7 Å². The quantitative estimate of drug-likeness (QED) is 0.773. The Kier molecular flexibility index (Phi) is 3.23. The normalized spacial score (nSPS) is 11.4. The second kappa shape index (κ2) is 4.23. The van der Waals surface area contributed by atoms with Crippen LogP contribution in [0.2, 0.25) is 0 Å². The number of aliphatic hydroxyl groups excluding tert-OH is 1. The van der Waals surface area contributed by atoms with Crippen molar-refractivity contribution in [1.82, 2.24) is 9.97 Å². The van der Waals surface area contributed by atoms with Gasteiger partial charge in [0.1, 0.15) is 5.69 Å². The molecule has 0 bridgehead atoms. The van der Waals surface area contributed by atoms with E-state index in [-0.39, 0.29) is 19.1 Å². The second-order valence-corrected chi connectivity index (χ2v) is 2.41.